The zero-order valence-electron chi connectivity index (χ0n) is 14.7. The number of anilines is 1. The second-order valence-electron chi connectivity index (χ2n) is 6.22. The number of benzene rings is 2. The minimum atomic E-state index is -0.406. The Bertz CT molecular complexity index is 993. The van der Waals surface area contributed by atoms with Gasteiger partial charge in [-0.05, 0) is 31.2 Å². The third-order valence-corrected chi connectivity index (χ3v) is 4.29. The molecule has 2 amide bonds. The van der Waals surface area contributed by atoms with Crippen molar-refractivity contribution in [2.45, 2.75) is 13.0 Å². The molecule has 4 rings (SSSR count). The van der Waals surface area contributed by atoms with Gasteiger partial charge in [0.15, 0.2) is 0 Å². The molecule has 0 aliphatic carbocycles. The molecule has 3 aromatic rings. The lowest BCUT2D eigenvalue weighted by molar-refractivity contribution is -0.118. The van der Waals surface area contributed by atoms with Crippen molar-refractivity contribution in [1.82, 2.24) is 10.7 Å². The van der Waals surface area contributed by atoms with Crippen molar-refractivity contribution in [3.63, 3.8) is 0 Å². The van der Waals surface area contributed by atoms with Gasteiger partial charge in [0.25, 0.3) is 11.8 Å². The van der Waals surface area contributed by atoms with Crippen LogP contribution >= 0.6 is 0 Å². The summed E-state index contributed by atoms with van der Waals surface area (Å²) >= 11 is 0. The zero-order valence-corrected chi connectivity index (χ0v) is 14.7. The Morgan fingerprint density at radius 2 is 1.93 bits per heavy atom. The maximum atomic E-state index is 12.6. The number of amidine groups is 1. The van der Waals surface area contributed by atoms with Gasteiger partial charge in [0, 0.05) is 5.39 Å². The summed E-state index contributed by atoms with van der Waals surface area (Å²) in [5.41, 5.74) is 4.21. The fourth-order valence-electron chi connectivity index (χ4n) is 2.88. The third kappa shape index (κ3) is 3.39. The van der Waals surface area contributed by atoms with E-state index >= 15 is 0 Å². The quantitative estimate of drug-likeness (QED) is 0.747. The number of rotatable bonds is 4. The van der Waals surface area contributed by atoms with Gasteiger partial charge in [-0.15, -0.1) is 0 Å². The Balaban J connectivity index is 1.48. The second-order valence-corrected chi connectivity index (χ2v) is 6.22. The minimum Gasteiger partial charge on any atom is -0.459 e. The lowest BCUT2D eigenvalue weighted by Gasteiger charge is -2.28. The molecule has 7 heteroatoms. The summed E-state index contributed by atoms with van der Waals surface area (Å²) in [7, 11) is 0. The van der Waals surface area contributed by atoms with Crippen molar-refractivity contribution in [2.24, 2.45) is 4.99 Å². The van der Waals surface area contributed by atoms with E-state index in [0.717, 1.165) is 11.0 Å². The lowest BCUT2D eigenvalue weighted by atomic mass is 10.2. The number of fused-ring (bicyclic) bond motifs is 1. The molecule has 0 saturated heterocycles. The fourth-order valence-corrected chi connectivity index (χ4v) is 2.88. The van der Waals surface area contributed by atoms with Crippen LogP contribution in [0.3, 0.4) is 0 Å². The van der Waals surface area contributed by atoms with Crippen LogP contribution < -0.4 is 15.8 Å². The summed E-state index contributed by atoms with van der Waals surface area (Å²) in [6.45, 7) is 1.74. The molecule has 1 atom stereocenters. The molecule has 0 unspecified atom stereocenters. The Hall–Kier alpha value is -3.61. The number of amides is 2. The monoisotopic (exact) mass is 362 g/mol. The average Bonchev–Trinajstić information content (AvgIpc) is 3.13. The summed E-state index contributed by atoms with van der Waals surface area (Å²) < 4.78 is 5.79. The predicted molar refractivity (Wildman–Crippen MR) is 102 cm³/mol. The van der Waals surface area contributed by atoms with Gasteiger partial charge >= 0.3 is 0 Å². The molecule has 1 aliphatic rings. The summed E-state index contributed by atoms with van der Waals surface area (Å²) in [6, 6.07) is 18.3. The van der Waals surface area contributed by atoms with Gasteiger partial charge in [0.05, 0.1) is 11.7 Å². The van der Waals surface area contributed by atoms with E-state index in [2.05, 4.69) is 15.7 Å². The summed E-state index contributed by atoms with van der Waals surface area (Å²) in [5.74, 6) is 0.0952. The first-order valence-electron chi connectivity index (χ1n) is 8.60. The molecule has 0 spiro atoms. The minimum absolute atomic E-state index is 0.0846. The fraction of sp³-hybridized carbons (Fsp3) is 0.150. The molecule has 1 aliphatic heterocycles. The van der Waals surface area contributed by atoms with Crippen LogP contribution in [-0.4, -0.2) is 24.2 Å². The Labute approximate surface area is 155 Å². The third-order valence-electron chi connectivity index (χ3n) is 4.29. The first-order chi connectivity index (χ1) is 13.1. The highest BCUT2D eigenvalue weighted by atomic mass is 16.3. The van der Waals surface area contributed by atoms with E-state index in [-0.39, 0.29) is 24.3 Å². The van der Waals surface area contributed by atoms with Gasteiger partial charge in [0.1, 0.15) is 17.9 Å². The van der Waals surface area contributed by atoms with Crippen LogP contribution in [0.2, 0.25) is 0 Å². The second kappa shape index (κ2) is 6.95. The molecule has 2 heterocycles. The number of nitrogens with one attached hydrogen (secondary N) is 2. The van der Waals surface area contributed by atoms with Crippen molar-refractivity contribution in [3.8, 4) is 0 Å². The number of hydrazine groups is 1. The highest BCUT2D eigenvalue weighted by Gasteiger charge is 2.26. The molecular weight excluding hydrogens is 344 g/mol. The summed E-state index contributed by atoms with van der Waals surface area (Å²) in [5, 5.41) is 5.15. The van der Waals surface area contributed by atoms with E-state index in [1.807, 2.05) is 55.5 Å². The van der Waals surface area contributed by atoms with Gasteiger partial charge in [0.2, 0.25) is 5.84 Å². The molecule has 2 N–H and O–H groups in total. The summed E-state index contributed by atoms with van der Waals surface area (Å²) in [6.07, 6.45) is 0. The molecule has 27 heavy (non-hydrogen) atoms. The number of hydrogen-bond acceptors (Lipinski definition) is 5. The van der Waals surface area contributed by atoms with Crippen molar-refractivity contribution >= 4 is 34.3 Å². The van der Waals surface area contributed by atoms with Crippen LogP contribution in [0, 0.1) is 0 Å². The van der Waals surface area contributed by atoms with Crippen LogP contribution in [0.15, 0.2) is 70.1 Å². The van der Waals surface area contributed by atoms with Gasteiger partial charge in [-0.25, -0.2) is 5.01 Å². The standard InChI is InChI=1S/C20H18N4O3/c1-13(17-11-14-7-5-6-10-16(14)27-17)22-20(26)19-21-12-18(25)24(23-19)15-8-3-2-4-9-15/h2-11,13H,12H2,1H3,(H,21,23)(H,22,26)/t13-/m1/s1. The molecule has 0 bridgehead atoms. The Kier molecular flexibility index (Phi) is 4.33. The molecule has 2 aromatic carbocycles. The largest absolute Gasteiger partial charge is 0.459 e. The van der Waals surface area contributed by atoms with E-state index in [9.17, 15) is 9.59 Å². The topological polar surface area (TPSA) is 86.9 Å². The maximum Gasteiger partial charge on any atom is 0.288 e. The number of nitrogens with zero attached hydrogens (tertiary/aromatic N) is 2. The molecular formula is C20H18N4O3. The van der Waals surface area contributed by atoms with Crippen molar-refractivity contribution in [3.05, 3.63) is 66.4 Å². The average molecular weight is 362 g/mol. The number of para-hydroxylation sites is 2. The first kappa shape index (κ1) is 16.8. The molecule has 1 aromatic heterocycles. The Morgan fingerprint density at radius 1 is 1.19 bits per heavy atom. The van der Waals surface area contributed by atoms with Crippen molar-refractivity contribution < 1.29 is 14.0 Å². The van der Waals surface area contributed by atoms with Crippen LogP contribution in [0.5, 0.6) is 0 Å². The van der Waals surface area contributed by atoms with Crippen molar-refractivity contribution in [1.29, 1.82) is 0 Å². The van der Waals surface area contributed by atoms with Crippen LogP contribution in [0.25, 0.3) is 11.0 Å². The number of hydrogen-bond donors (Lipinski definition) is 2. The summed E-state index contributed by atoms with van der Waals surface area (Å²) in [4.78, 5) is 28.8. The first-order valence-corrected chi connectivity index (χ1v) is 8.60. The molecule has 0 fully saturated rings. The lowest BCUT2D eigenvalue weighted by Crippen LogP contribution is -2.55. The number of carbonyl (C=O) groups is 2. The molecule has 7 nitrogen and oxygen atoms in total. The maximum absolute atomic E-state index is 12.6. The van der Waals surface area contributed by atoms with E-state index in [4.69, 9.17) is 4.42 Å². The Morgan fingerprint density at radius 3 is 2.70 bits per heavy atom. The SMILES string of the molecule is C[C@@H](NC(=O)C1=NCC(=O)N(c2ccccc2)N1)c1cc2ccccc2o1. The number of carbonyl (C=O) groups excluding carboxylic acids is 2. The van der Waals surface area contributed by atoms with Crippen LogP contribution in [0.1, 0.15) is 18.7 Å². The molecule has 136 valence electrons. The van der Waals surface area contributed by atoms with E-state index in [1.54, 1.807) is 12.1 Å². The van der Waals surface area contributed by atoms with Gasteiger partial charge in [-0.3, -0.25) is 20.0 Å². The van der Waals surface area contributed by atoms with E-state index in [1.165, 1.54) is 5.01 Å². The normalized spacial score (nSPS) is 15.2. The van der Waals surface area contributed by atoms with Crippen LogP contribution in [-0.2, 0) is 9.59 Å². The van der Waals surface area contributed by atoms with Crippen molar-refractivity contribution in [2.75, 3.05) is 11.6 Å². The molecule has 0 saturated carbocycles. The highest BCUT2D eigenvalue weighted by Crippen LogP contribution is 2.23. The highest BCUT2D eigenvalue weighted by molar-refractivity contribution is 6.39. The smallest absolute Gasteiger partial charge is 0.288 e. The van der Waals surface area contributed by atoms with Gasteiger partial charge in [-0.2, -0.15) is 0 Å². The zero-order chi connectivity index (χ0) is 18.8. The number of furan rings is 1. The van der Waals surface area contributed by atoms with Gasteiger partial charge in [-0.1, -0.05) is 36.4 Å². The van der Waals surface area contributed by atoms with Crippen LogP contribution in [0.4, 0.5) is 5.69 Å². The number of aliphatic imine (C=N–C) groups is 1. The van der Waals surface area contributed by atoms with E-state index in [0.29, 0.717) is 11.4 Å². The van der Waals surface area contributed by atoms with Gasteiger partial charge < -0.3 is 9.73 Å². The van der Waals surface area contributed by atoms with E-state index < -0.39 is 5.91 Å². The molecule has 0 radical (unpaired) electrons. The predicted octanol–water partition coefficient (Wildman–Crippen LogP) is 2.56.